The van der Waals surface area contributed by atoms with E-state index in [0.29, 0.717) is 6.07 Å². The Morgan fingerprint density at radius 1 is 0.974 bits per heavy atom. The fourth-order valence-corrected chi connectivity index (χ4v) is 5.44. The highest BCUT2D eigenvalue weighted by atomic mass is 35.5. The molecule has 0 spiro atoms. The number of halogens is 4. The number of nitrogens with zero attached hydrogens (tertiary/aromatic N) is 1. The van der Waals surface area contributed by atoms with Crippen molar-refractivity contribution >= 4 is 39.2 Å². The van der Waals surface area contributed by atoms with Crippen LogP contribution in [0.1, 0.15) is 27.6 Å². The summed E-state index contributed by atoms with van der Waals surface area (Å²) in [4.78, 5) is 26.0. The van der Waals surface area contributed by atoms with Gasteiger partial charge in [0.05, 0.1) is 34.3 Å². The summed E-state index contributed by atoms with van der Waals surface area (Å²) < 4.78 is 77.3. The van der Waals surface area contributed by atoms with Crippen molar-refractivity contribution in [3.05, 3.63) is 94.5 Å². The van der Waals surface area contributed by atoms with Gasteiger partial charge < -0.3 is 14.8 Å². The van der Waals surface area contributed by atoms with Crippen molar-refractivity contribution in [3.63, 3.8) is 0 Å². The molecule has 0 saturated carbocycles. The quantitative estimate of drug-likeness (QED) is 0.397. The third kappa shape index (κ3) is 6.77. The molecule has 39 heavy (non-hydrogen) atoms. The number of amides is 1. The van der Waals surface area contributed by atoms with Crippen LogP contribution in [0.2, 0.25) is 5.02 Å². The van der Waals surface area contributed by atoms with Crippen molar-refractivity contribution in [2.24, 2.45) is 0 Å². The van der Waals surface area contributed by atoms with Crippen LogP contribution in [-0.4, -0.2) is 50.9 Å². The Morgan fingerprint density at radius 2 is 1.62 bits per heavy atom. The highest BCUT2D eigenvalue weighted by Crippen LogP contribution is 2.36. The summed E-state index contributed by atoms with van der Waals surface area (Å²) in [5.74, 6) is -1.85. The first-order chi connectivity index (χ1) is 18.5. The summed E-state index contributed by atoms with van der Waals surface area (Å²) in [6.45, 7) is 0.969. The molecule has 13 heteroatoms. The molecule has 0 aromatic heterocycles. The molecule has 1 N–H and O–H groups in total. The molecule has 1 aliphatic rings. The topological polar surface area (TPSA) is 102 Å². The van der Waals surface area contributed by atoms with Gasteiger partial charge in [-0.3, -0.25) is 4.79 Å². The minimum Gasteiger partial charge on any atom is -0.444 e. The molecule has 1 heterocycles. The van der Waals surface area contributed by atoms with Crippen molar-refractivity contribution in [1.29, 1.82) is 0 Å². The van der Waals surface area contributed by atoms with Crippen molar-refractivity contribution in [3.8, 4) is 0 Å². The van der Waals surface area contributed by atoms with Gasteiger partial charge >= 0.3 is 12.1 Å². The lowest BCUT2D eigenvalue weighted by atomic mass is 10.1. The van der Waals surface area contributed by atoms with Gasteiger partial charge in [-0.15, -0.1) is 0 Å². The third-order valence-corrected chi connectivity index (χ3v) is 8.04. The summed E-state index contributed by atoms with van der Waals surface area (Å²) in [7, 11) is -3.79. The number of morpholine rings is 1. The smallest absolute Gasteiger partial charge is 0.417 e. The van der Waals surface area contributed by atoms with Crippen molar-refractivity contribution < 1.29 is 40.7 Å². The van der Waals surface area contributed by atoms with E-state index in [-0.39, 0.29) is 48.0 Å². The predicted octanol–water partition coefficient (Wildman–Crippen LogP) is 4.92. The normalized spacial score (nSPS) is 15.4. The van der Waals surface area contributed by atoms with Gasteiger partial charge in [0.25, 0.3) is 5.91 Å². The Balaban J connectivity index is 1.54. The molecule has 1 atom stereocenters. The van der Waals surface area contributed by atoms with Crippen LogP contribution in [0.3, 0.4) is 0 Å². The SMILES string of the molecule is O=C(O[C@H](C(=O)Nc1ccc(Cl)c(C(F)(F)F)c1)c1ccccc1)c1ccc(S(=O)(=O)N2CCOCC2)cc1. The van der Waals surface area contributed by atoms with Crippen molar-refractivity contribution in [1.82, 2.24) is 4.31 Å². The highest BCUT2D eigenvalue weighted by Gasteiger charge is 2.34. The predicted molar refractivity (Wildman–Crippen MR) is 136 cm³/mol. The number of benzene rings is 3. The highest BCUT2D eigenvalue weighted by molar-refractivity contribution is 7.89. The number of sulfonamides is 1. The number of rotatable bonds is 7. The van der Waals surface area contributed by atoms with E-state index in [2.05, 4.69) is 5.32 Å². The third-order valence-electron chi connectivity index (χ3n) is 5.80. The van der Waals surface area contributed by atoms with E-state index >= 15 is 0 Å². The molecule has 0 radical (unpaired) electrons. The van der Waals surface area contributed by atoms with E-state index in [0.717, 1.165) is 6.07 Å². The van der Waals surface area contributed by atoms with Crippen LogP contribution in [0.15, 0.2) is 77.7 Å². The Morgan fingerprint density at radius 3 is 2.23 bits per heavy atom. The van der Waals surface area contributed by atoms with Crippen LogP contribution in [0.4, 0.5) is 18.9 Å². The Labute approximate surface area is 227 Å². The summed E-state index contributed by atoms with van der Waals surface area (Å²) in [5.41, 5.74) is -1.11. The first-order valence-corrected chi connectivity index (χ1v) is 13.4. The fraction of sp³-hybridized carbons (Fsp3) is 0.231. The molecule has 1 amide bonds. The second kappa shape index (κ2) is 11.7. The number of esters is 1. The van der Waals surface area contributed by atoms with E-state index in [1.807, 2.05) is 0 Å². The fourth-order valence-electron chi connectivity index (χ4n) is 3.80. The van der Waals surface area contributed by atoms with E-state index in [1.54, 1.807) is 18.2 Å². The zero-order valence-corrected chi connectivity index (χ0v) is 21.7. The van der Waals surface area contributed by atoms with Crippen LogP contribution >= 0.6 is 11.6 Å². The number of ether oxygens (including phenoxy) is 2. The number of hydrogen-bond donors (Lipinski definition) is 1. The maximum atomic E-state index is 13.2. The number of carbonyl (C=O) groups is 2. The van der Waals surface area contributed by atoms with Crippen molar-refractivity contribution in [2.45, 2.75) is 17.2 Å². The van der Waals surface area contributed by atoms with Crippen LogP contribution in [0, 0.1) is 0 Å². The van der Waals surface area contributed by atoms with Gasteiger partial charge in [0.15, 0.2) is 0 Å². The number of carbonyl (C=O) groups excluding carboxylic acids is 2. The van der Waals surface area contributed by atoms with Crippen LogP contribution in [0.25, 0.3) is 0 Å². The first-order valence-electron chi connectivity index (χ1n) is 11.6. The standard InChI is InChI=1S/C26H22ClF3N2O6S/c27-22-11-8-19(16-21(22)26(28,29)30)31-24(33)23(17-4-2-1-3-5-17)38-25(34)18-6-9-20(10-7-18)39(35,36)32-12-14-37-15-13-32/h1-11,16,23H,12-15H2,(H,31,33)/t23-/m0/s1. The van der Waals surface area contributed by atoms with E-state index in [1.165, 1.54) is 46.8 Å². The minimum absolute atomic E-state index is 0.0264. The number of alkyl halides is 3. The van der Waals surface area contributed by atoms with Gasteiger partial charge in [-0.05, 0) is 42.5 Å². The number of hydrogen-bond acceptors (Lipinski definition) is 6. The van der Waals surface area contributed by atoms with Gasteiger partial charge in [-0.1, -0.05) is 41.9 Å². The largest absolute Gasteiger partial charge is 0.444 e. The lowest BCUT2D eigenvalue weighted by Gasteiger charge is -2.26. The summed E-state index contributed by atoms with van der Waals surface area (Å²) in [6, 6.07) is 15.8. The molecule has 0 unspecified atom stereocenters. The molecule has 3 aromatic carbocycles. The Kier molecular flexibility index (Phi) is 8.60. The minimum atomic E-state index is -4.75. The zero-order valence-electron chi connectivity index (χ0n) is 20.2. The molecule has 206 valence electrons. The molecular formula is C26H22ClF3N2O6S. The second-order valence-electron chi connectivity index (χ2n) is 8.42. The van der Waals surface area contributed by atoms with E-state index < -0.39 is 44.8 Å². The average molecular weight is 583 g/mol. The maximum Gasteiger partial charge on any atom is 0.417 e. The molecule has 1 saturated heterocycles. The molecule has 8 nitrogen and oxygen atoms in total. The molecule has 4 rings (SSSR count). The van der Waals surface area contributed by atoms with E-state index in [9.17, 15) is 31.2 Å². The average Bonchev–Trinajstić information content (AvgIpc) is 2.93. The molecule has 1 fully saturated rings. The molecule has 1 aliphatic heterocycles. The summed E-state index contributed by atoms with van der Waals surface area (Å²) in [6.07, 6.45) is -6.27. The zero-order chi connectivity index (χ0) is 28.2. The monoisotopic (exact) mass is 582 g/mol. The number of anilines is 1. The Hall–Kier alpha value is -3.45. The van der Waals surface area contributed by atoms with Crippen molar-refractivity contribution in [2.75, 3.05) is 31.6 Å². The van der Waals surface area contributed by atoms with Gasteiger partial charge in [0.1, 0.15) is 0 Å². The first kappa shape index (κ1) is 28.6. The van der Waals surface area contributed by atoms with Gasteiger partial charge in [0, 0.05) is 24.3 Å². The van der Waals surface area contributed by atoms with Crippen LogP contribution < -0.4 is 5.32 Å². The van der Waals surface area contributed by atoms with Gasteiger partial charge in [-0.25, -0.2) is 13.2 Å². The number of nitrogens with one attached hydrogen (secondary N) is 1. The van der Waals surface area contributed by atoms with E-state index in [4.69, 9.17) is 21.1 Å². The van der Waals surface area contributed by atoms with Gasteiger partial charge in [-0.2, -0.15) is 17.5 Å². The second-order valence-corrected chi connectivity index (χ2v) is 10.8. The van der Waals surface area contributed by atoms with Crippen LogP contribution in [0.5, 0.6) is 0 Å². The molecule has 0 bridgehead atoms. The Bertz CT molecular complexity index is 1440. The lowest BCUT2D eigenvalue weighted by Crippen LogP contribution is -2.40. The summed E-state index contributed by atoms with van der Waals surface area (Å²) in [5, 5.41) is 1.80. The van der Waals surface area contributed by atoms with Gasteiger partial charge in [0.2, 0.25) is 16.1 Å². The lowest BCUT2D eigenvalue weighted by molar-refractivity contribution is -0.137. The molecular weight excluding hydrogens is 561 g/mol. The molecule has 3 aromatic rings. The van der Waals surface area contributed by atoms with Crippen LogP contribution in [-0.2, 0) is 30.5 Å². The maximum absolute atomic E-state index is 13.2. The molecule has 0 aliphatic carbocycles. The summed E-state index contributed by atoms with van der Waals surface area (Å²) >= 11 is 5.65.